The van der Waals surface area contributed by atoms with E-state index in [2.05, 4.69) is 15.3 Å². The Bertz CT molecular complexity index is 823. The van der Waals surface area contributed by atoms with Crippen LogP contribution in [-0.4, -0.2) is 56.5 Å². The Labute approximate surface area is 142 Å². The maximum atomic E-state index is 12.7. The second kappa shape index (κ2) is 5.62. The topological polar surface area (TPSA) is 88.8 Å². The molecule has 2 aromatic rings. The molecular formula is C15H16ClN5O3. The second-order valence-corrected chi connectivity index (χ2v) is 6.61. The number of alkyl carbamates (subject to hydrolysis) is 1. The molecule has 2 saturated heterocycles. The van der Waals surface area contributed by atoms with Gasteiger partial charge in [-0.3, -0.25) is 9.20 Å². The van der Waals surface area contributed by atoms with Crippen LogP contribution in [0, 0.1) is 0 Å². The standard InChI is InChI=1S/C15H16ClN5O3/c16-10-6-17-13-19-11(8-21(13)7-10)12(22)20-4-1-2-15(3-5-20)9-18-14(23)24-15/h6-8H,1-5,9H2,(H,18,23). The number of nitrogens with zero attached hydrogens (tertiary/aromatic N) is 4. The van der Waals surface area contributed by atoms with Crippen molar-refractivity contribution in [3.8, 4) is 0 Å². The third-order valence-corrected chi connectivity index (χ3v) is 4.74. The van der Waals surface area contributed by atoms with Gasteiger partial charge in [0.1, 0.15) is 11.3 Å². The minimum atomic E-state index is -0.486. The summed E-state index contributed by atoms with van der Waals surface area (Å²) in [5.41, 5.74) is -0.151. The molecule has 2 aromatic heterocycles. The molecule has 1 spiro atoms. The first kappa shape index (κ1) is 15.2. The molecule has 126 valence electrons. The largest absolute Gasteiger partial charge is 0.441 e. The van der Waals surface area contributed by atoms with Crippen molar-refractivity contribution in [2.75, 3.05) is 19.6 Å². The van der Waals surface area contributed by atoms with Gasteiger partial charge in [-0.1, -0.05) is 11.6 Å². The fourth-order valence-corrected chi connectivity index (χ4v) is 3.43. The molecule has 24 heavy (non-hydrogen) atoms. The fourth-order valence-electron chi connectivity index (χ4n) is 3.28. The Kier molecular flexibility index (Phi) is 3.56. The predicted octanol–water partition coefficient (Wildman–Crippen LogP) is 1.49. The first-order chi connectivity index (χ1) is 11.5. The molecule has 0 radical (unpaired) electrons. The van der Waals surface area contributed by atoms with Crippen molar-refractivity contribution in [1.29, 1.82) is 0 Å². The number of rotatable bonds is 1. The highest BCUT2D eigenvalue weighted by molar-refractivity contribution is 6.30. The van der Waals surface area contributed by atoms with E-state index in [1.165, 1.54) is 6.20 Å². The molecule has 1 N–H and O–H groups in total. The molecule has 1 atom stereocenters. The van der Waals surface area contributed by atoms with Gasteiger partial charge >= 0.3 is 6.09 Å². The van der Waals surface area contributed by atoms with Gasteiger partial charge in [-0.15, -0.1) is 0 Å². The summed E-state index contributed by atoms with van der Waals surface area (Å²) in [7, 11) is 0. The molecule has 0 saturated carbocycles. The molecule has 9 heteroatoms. The maximum Gasteiger partial charge on any atom is 0.407 e. The summed E-state index contributed by atoms with van der Waals surface area (Å²) in [6, 6.07) is 0. The van der Waals surface area contributed by atoms with Crippen molar-refractivity contribution < 1.29 is 14.3 Å². The Morgan fingerprint density at radius 1 is 1.33 bits per heavy atom. The van der Waals surface area contributed by atoms with Gasteiger partial charge in [0.2, 0.25) is 5.78 Å². The molecule has 4 heterocycles. The highest BCUT2D eigenvalue weighted by atomic mass is 35.5. The summed E-state index contributed by atoms with van der Waals surface area (Å²) in [6.07, 6.45) is 6.56. The number of likely N-dealkylation sites (tertiary alicyclic amines) is 1. The van der Waals surface area contributed by atoms with Gasteiger partial charge in [0.25, 0.3) is 5.91 Å². The molecule has 4 rings (SSSR count). The number of ether oxygens (including phenoxy) is 1. The number of imidazole rings is 1. The third kappa shape index (κ3) is 2.66. The first-order valence-corrected chi connectivity index (χ1v) is 8.19. The average molecular weight is 350 g/mol. The quantitative estimate of drug-likeness (QED) is 0.842. The number of carbonyl (C=O) groups is 2. The zero-order valence-electron chi connectivity index (χ0n) is 12.9. The number of halogens is 1. The van der Waals surface area contributed by atoms with Crippen LogP contribution in [0.15, 0.2) is 18.6 Å². The molecule has 1 unspecified atom stereocenters. The van der Waals surface area contributed by atoms with Crippen LogP contribution in [0.3, 0.4) is 0 Å². The Morgan fingerprint density at radius 2 is 2.21 bits per heavy atom. The van der Waals surface area contributed by atoms with Gasteiger partial charge in [-0.05, 0) is 12.8 Å². The van der Waals surface area contributed by atoms with E-state index in [4.69, 9.17) is 16.3 Å². The Hall–Kier alpha value is -2.35. The molecule has 0 aromatic carbocycles. The molecule has 8 nitrogen and oxygen atoms in total. The Morgan fingerprint density at radius 3 is 3.00 bits per heavy atom. The van der Waals surface area contributed by atoms with Crippen LogP contribution in [0.4, 0.5) is 4.79 Å². The summed E-state index contributed by atoms with van der Waals surface area (Å²) >= 11 is 5.91. The number of carbonyl (C=O) groups excluding carboxylic acids is 2. The average Bonchev–Trinajstić information content (AvgIpc) is 3.06. The maximum absolute atomic E-state index is 12.7. The van der Waals surface area contributed by atoms with E-state index in [1.54, 1.807) is 21.7 Å². The van der Waals surface area contributed by atoms with Crippen molar-refractivity contribution >= 4 is 29.4 Å². The van der Waals surface area contributed by atoms with Crippen molar-refractivity contribution in [3.05, 3.63) is 29.3 Å². The first-order valence-electron chi connectivity index (χ1n) is 7.81. The lowest BCUT2D eigenvalue weighted by Gasteiger charge is -2.24. The summed E-state index contributed by atoms with van der Waals surface area (Å²) in [6.45, 7) is 1.64. The van der Waals surface area contributed by atoms with E-state index < -0.39 is 5.60 Å². The van der Waals surface area contributed by atoms with E-state index in [0.717, 1.165) is 12.8 Å². The minimum absolute atomic E-state index is 0.147. The lowest BCUT2D eigenvalue weighted by atomic mass is 9.95. The van der Waals surface area contributed by atoms with E-state index in [0.29, 0.717) is 42.5 Å². The van der Waals surface area contributed by atoms with Gasteiger partial charge in [-0.25, -0.2) is 14.8 Å². The SMILES string of the molecule is O=C1NCC2(CCCN(C(=O)c3cn4cc(Cl)cnc4n3)CC2)O1. The van der Waals surface area contributed by atoms with Crippen molar-refractivity contribution in [1.82, 2.24) is 24.6 Å². The van der Waals surface area contributed by atoms with Gasteiger partial charge < -0.3 is 15.0 Å². The molecule has 0 aliphatic carbocycles. The van der Waals surface area contributed by atoms with Crippen molar-refractivity contribution in [2.24, 2.45) is 0 Å². The van der Waals surface area contributed by atoms with Crippen LogP contribution in [0.5, 0.6) is 0 Å². The summed E-state index contributed by atoms with van der Waals surface area (Å²) in [4.78, 5) is 34.2. The van der Waals surface area contributed by atoms with Gasteiger partial charge in [0, 0.05) is 31.9 Å². The fraction of sp³-hybridized carbons (Fsp3) is 0.467. The zero-order valence-corrected chi connectivity index (χ0v) is 13.6. The number of fused-ring (bicyclic) bond motifs is 1. The van der Waals surface area contributed by atoms with E-state index >= 15 is 0 Å². The number of nitrogens with one attached hydrogen (secondary N) is 1. The normalized spacial score (nSPS) is 24.0. The number of aromatic nitrogens is 3. The molecule has 2 aliphatic rings. The van der Waals surface area contributed by atoms with Crippen LogP contribution in [0.2, 0.25) is 5.02 Å². The molecule has 0 bridgehead atoms. The van der Waals surface area contributed by atoms with Crippen LogP contribution in [0.1, 0.15) is 29.8 Å². The molecule has 2 aliphatic heterocycles. The third-order valence-electron chi connectivity index (χ3n) is 4.55. The van der Waals surface area contributed by atoms with Crippen molar-refractivity contribution in [2.45, 2.75) is 24.9 Å². The van der Waals surface area contributed by atoms with E-state index in [-0.39, 0.29) is 12.0 Å². The number of hydrogen-bond acceptors (Lipinski definition) is 5. The van der Waals surface area contributed by atoms with Crippen LogP contribution < -0.4 is 5.32 Å². The highest BCUT2D eigenvalue weighted by Gasteiger charge is 2.42. The molecular weight excluding hydrogens is 334 g/mol. The molecule has 2 fully saturated rings. The minimum Gasteiger partial charge on any atom is -0.441 e. The monoisotopic (exact) mass is 349 g/mol. The number of hydrogen-bond donors (Lipinski definition) is 1. The number of amides is 2. The summed E-state index contributed by atoms with van der Waals surface area (Å²) in [5, 5.41) is 3.18. The Balaban J connectivity index is 1.52. The van der Waals surface area contributed by atoms with E-state index in [1.807, 2.05) is 0 Å². The lowest BCUT2D eigenvalue weighted by molar-refractivity contribution is 0.0438. The lowest BCUT2D eigenvalue weighted by Crippen LogP contribution is -2.36. The van der Waals surface area contributed by atoms with Gasteiger partial charge in [-0.2, -0.15) is 0 Å². The summed E-state index contributed by atoms with van der Waals surface area (Å²) < 4.78 is 7.07. The molecule has 2 amide bonds. The van der Waals surface area contributed by atoms with Gasteiger partial charge in [0.15, 0.2) is 0 Å². The highest BCUT2D eigenvalue weighted by Crippen LogP contribution is 2.29. The predicted molar refractivity (Wildman–Crippen MR) is 85.0 cm³/mol. The zero-order chi connectivity index (χ0) is 16.7. The van der Waals surface area contributed by atoms with E-state index in [9.17, 15) is 9.59 Å². The second-order valence-electron chi connectivity index (χ2n) is 6.18. The van der Waals surface area contributed by atoms with Crippen molar-refractivity contribution in [3.63, 3.8) is 0 Å². The smallest absolute Gasteiger partial charge is 0.407 e. The van der Waals surface area contributed by atoms with Crippen LogP contribution in [0.25, 0.3) is 5.78 Å². The summed E-state index contributed by atoms with van der Waals surface area (Å²) in [5.74, 6) is 0.286. The van der Waals surface area contributed by atoms with Crippen LogP contribution in [-0.2, 0) is 4.74 Å². The van der Waals surface area contributed by atoms with Gasteiger partial charge in [0.05, 0.1) is 17.8 Å². The van der Waals surface area contributed by atoms with Crippen LogP contribution >= 0.6 is 11.6 Å².